The van der Waals surface area contributed by atoms with E-state index >= 15 is 0 Å². The molecule has 1 aliphatic rings. The molecule has 1 saturated carbocycles. The minimum atomic E-state index is -0.355. The minimum absolute atomic E-state index is 0.275. The van der Waals surface area contributed by atoms with Gasteiger partial charge in [0.15, 0.2) is 0 Å². The zero-order valence-electron chi connectivity index (χ0n) is 8.32. The lowest BCUT2D eigenvalue weighted by atomic mass is 9.92. The quantitative estimate of drug-likeness (QED) is 0.707. The highest BCUT2D eigenvalue weighted by Crippen LogP contribution is 2.38. The second kappa shape index (κ2) is 3.97. The molecule has 0 spiro atoms. The van der Waals surface area contributed by atoms with Gasteiger partial charge in [-0.3, -0.25) is 0 Å². The smallest absolute Gasteiger partial charge is 0.0855 e. The average molecular weight is 188 g/mol. The number of rotatable bonds is 2. The molecule has 0 heterocycles. The van der Waals surface area contributed by atoms with Crippen LogP contribution in [-0.4, -0.2) is 5.11 Å². The van der Waals surface area contributed by atoms with Crippen molar-refractivity contribution in [3.63, 3.8) is 0 Å². The SMILES string of the molecule is C=C1CCCC1C(O)c1ccccc1. The van der Waals surface area contributed by atoms with Crippen LogP contribution in [0.4, 0.5) is 0 Å². The van der Waals surface area contributed by atoms with Crippen molar-refractivity contribution < 1.29 is 5.11 Å². The Kier molecular flexibility index (Phi) is 2.69. The van der Waals surface area contributed by atoms with Gasteiger partial charge >= 0.3 is 0 Å². The van der Waals surface area contributed by atoms with E-state index in [1.54, 1.807) is 0 Å². The first-order chi connectivity index (χ1) is 6.79. The number of hydrogen-bond acceptors (Lipinski definition) is 1. The number of hydrogen-bond donors (Lipinski definition) is 1. The molecule has 0 aromatic heterocycles. The van der Waals surface area contributed by atoms with E-state index in [1.807, 2.05) is 30.3 Å². The van der Waals surface area contributed by atoms with E-state index in [9.17, 15) is 5.11 Å². The monoisotopic (exact) mass is 188 g/mol. The van der Waals surface area contributed by atoms with Gasteiger partial charge in [0.25, 0.3) is 0 Å². The van der Waals surface area contributed by atoms with Crippen LogP contribution in [0.25, 0.3) is 0 Å². The van der Waals surface area contributed by atoms with Gasteiger partial charge in [-0.15, -0.1) is 0 Å². The van der Waals surface area contributed by atoms with Crippen LogP contribution in [-0.2, 0) is 0 Å². The maximum Gasteiger partial charge on any atom is 0.0855 e. The summed E-state index contributed by atoms with van der Waals surface area (Å²) in [4.78, 5) is 0. The van der Waals surface area contributed by atoms with Crippen molar-refractivity contribution in [1.82, 2.24) is 0 Å². The molecule has 1 heteroatoms. The van der Waals surface area contributed by atoms with E-state index in [2.05, 4.69) is 6.58 Å². The maximum absolute atomic E-state index is 10.1. The second-order valence-electron chi connectivity index (χ2n) is 4.01. The van der Waals surface area contributed by atoms with Crippen LogP contribution in [0.15, 0.2) is 42.5 Å². The van der Waals surface area contributed by atoms with Crippen LogP contribution < -0.4 is 0 Å². The zero-order valence-corrected chi connectivity index (χ0v) is 8.32. The van der Waals surface area contributed by atoms with Crippen LogP contribution in [0.5, 0.6) is 0 Å². The molecule has 74 valence electrons. The highest BCUT2D eigenvalue weighted by Gasteiger charge is 2.27. The highest BCUT2D eigenvalue weighted by atomic mass is 16.3. The fraction of sp³-hybridized carbons (Fsp3) is 0.385. The summed E-state index contributed by atoms with van der Waals surface area (Å²) in [7, 11) is 0. The summed E-state index contributed by atoms with van der Waals surface area (Å²) in [5, 5.41) is 10.1. The number of aliphatic hydroxyl groups excluding tert-OH is 1. The third kappa shape index (κ3) is 1.73. The van der Waals surface area contributed by atoms with Crippen molar-refractivity contribution in [2.45, 2.75) is 25.4 Å². The summed E-state index contributed by atoms with van der Waals surface area (Å²) >= 11 is 0. The van der Waals surface area contributed by atoms with Crippen molar-refractivity contribution in [3.05, 3.63) is 48.0 Å². The molecule has 1 nitrogen and oxygen atoms in total. The summed E-state index contributed by atoms with van der Waals surface area (Å²) < 4.78 is 0. The Morgan fingerprint density at radius 1 is 1.29 bits per heavy atom. The zero-order chi connectivity index (χ0) is 9.97. The Morgan fingerprint density at radius 3 is 2.57 bits per heavy atom. The molecule has 0 amide bonds. The lowest BCUT2D eigenvalue weighted by Gasteiger charge is -2.19. The lowest BCUT2D eigenvalue weighted by Crippen LogP contribution is -2.10. The lowest BCUT2D eigenvalue weighted by molar-refractivity contribution is 0.129. The van der Waals surface area contributed by atoms with Gasteiger partial charge < -0.3 is 5.11 Å². The molecule has 14 heavy (non-hydrogen) atoms. The van der Waals surface area contributed by atoms with E-state index in [0.717, 1.165) is 18.4 Å². The summed E-state index contributed by atoms with van der Waals surface area (Å²) in [5.41, 5.74) is 2.22. The first-order valence-electron chi connectivity index (χ1n) is 5.19. The van der Waals surface area contributed by atoms with E-state index in [1.165, 1.54) is 12.0 Å². The Balaban J connectivity index is 2.16. The molecule has 0 aliphatic heterocycles. The van der Waals surface area contributed by atoms with Gasteiger partial charge in [-0.05, 0) is 24.8 Å². The molecule has 1 aliphatic carbocycles. The molecule has 0 saturated heterocycles. The predicted molar refractivity (Wildman–Crippen MR) is 57.9 cm³/mol. The predicted octanol–water partition coefficient (Wildman–Crippen LogP) is 3.08. The third-order valence-corrected chi connectivity index (χ3v) is 3.06. The van der Waals surface area contributed by atoms with Gasteiger partial charge in [0.1, 0.15) is 0 Å². The van der Waals surface area contributed by atoms with Gasteiger partial charge in [0.2, 0.25) is 0 Å². The van der Waals surface area contributed by atoms with E-state index < -0.39 is 0 Å². The first kappa shape index (κ1) is 9.47. The van der Waals surface area contributed by atoms with Gasteiger partial charge in [-0.25, -0.2) is 0 Å². The van der Waals surface area contributed by atoms with Gasteiger partial charge in [-0.1, -0.05) is 42.5 Å². The van der Waals surface area contributed by atoms with Crippen LogP contribution in [0.2, 0.25) is 0 Å². The van der Waals surface area contributed by atoms with Crippen LogP contribution in [0.1, 0.15) is 30.9 Å². The fourth-order valence-electron chi connectivity index (χ4n) is 2.20. The molecule has 0 bridgehead atoms. The largest absolute Gasteiger partial charge is 0.388 e. The highest BCUT2D eigenvalue weighted by molar-refractivity contribution is 5.22. The number of aliphatic hydroxyl groups is 1. The van der Waals surface area contributed by atoms with E-state index in [0.29, 0.717) is 0 Å². The molecule has 1 N–H and O–H groups in total. The standard InChI is InChI=1S/C13H16O/c1-10-6-5-9-12(10)13(14)11-7-3-2-4-8-11/h2-4,7-8,12-14H,1,5-6,9H2. The van der Waals surface area contributed by atoms with Crippen LogP contribution in [0, 0.1) is 5.92 Å². The molecule has 0 radical (unpaired) electrons. The Labute approximate surface area is 85.1 Å². The maximum atomic E-state index is 10.1. The Hall–Kier alpha value is -1.08. The normalized spacial score (nSPS) is 23.8. The van der Waals surface area contributed by atoms with Gasteiger partial charge in [0.05, 0.1) is 6.10 Å². The van der Waals surface area contributed by atoms with Crippen molar-refractivity contribution in [1.29, 1.82) is 0 Å². The van der Waals surface area contributed by atoms with Gasteiger partial charge in [0, 0.05) is 5.92 Å². The Bertz CT molecular complexity index is 315. The molecule has 1 fully saturated rings. The topological polar surface area (TPSA) is 20.2 Å². The second-order valence-corrected chi connectivity index (χ2v) is 4.01. The Morgan fingerprint density at radius 2 is 2.00 bits per heavy atom. The molecule has 2 unspecified atom stereocenters. The van der Waals surface area contributed by atoms with E-state index in [-0.39, 0.29) is 12.0 Å². The van der Waals surface area contributed by atoms with Crippen LogP contribution >= 0.6 is 0 Å². The summed E-state index contributed by atoms with van der Waals surface area (Å²) in [6.45, 7) is 4.02. The minimum Gasteiger partial charge on any atom is -0.388 e. The molecule has 1 aromatic carbocycles. The average Bonchev–Trinajstić information content (AvgIpc) is 2.65. The van der Waals surface area contributed by atoms with Crippen LogP contribution in [0.3, 0.4) is 0 Å². The summed E-state index contributed by atoms with van der Waals surface area (Å²) in [6.07, 6.45) is 2.97. The van der Waals surface area contributed by atoms with Crippen molar-refractivity contribution >= 4 is 0 Å². The summed E-state index contributed by atoms with van der Waals surface area (Å²) in [5.74, 6) is 0.275. The number of benzene rings is 1. The summed E-state index contributed by atoms with van der Waals surface area (Å²) in [6, 6.07) is 9.87. The first-order valence-corrected chi connectivity index (χ1v) is 5.19. The van der Waals surface area contributed by atoms with E-state index in [4.69, 9.17) is 0 Å². The third-order valence-electron chi connectivity index (χ3n) is 3.06. The fourth-order valence-corrected chi connectivity index (χ4v) is 2.20. The van der Waals surface area contributed by atoms with Crippen molar-refractivity contribution in [3.8, 4) is 0 Å². The molecule has 1 aromatic rings. The van der Waals surface area contributed by atoms with Crippen molar-refractivity contribution in [2.24, 2.45) is 5.92 Å². The molecule has 2 rings (SSSR count). The van der Waals surface area contributed by atoms with Crippen molar-refractivity contribution in [2.75, 3.05) is 0 Å². The molecular weight excluding hydrogens is 172 g/mol. The molecule has 2 atom stereocenters. The molecular formula is C13H16O. The van der Waals surface area contributed by atoms with Gasteiger partial charge in [-0.2, -0.15) is 0 Å².